The van der Waals surface area contributed by atoms with Crippen LogP contribution in [0, 0.1) is 0 Å². The first-order valence-electron chi connectivity index (χ1n) is 6.97. The Balaban J connectivity index is 2.35. The number of rotatable bonds is 8. The first-order valence-corrected chi connectivity index (χ1v) is 8.90. The van der Waals surface area contributed by atoms with Crippen LogP contribution >= 0.6 is 23.4 Å². The van der Waals surface area contributed by atoms with Crippen LogP contribution in [0.3, 0.4) is 0 Å². The molecule has 0 radical (unpaired) electrons. The molecule has 0 fully saturated rings. The lowest BCUT2D eigenvalue weighted by Crippen LogP contribution is -2.03. The van der Waals surface area contributed by atoms with Gasteiger partial charge < -0.3 is 9.30 Å². The van der Waals surface area contributed by atoms with E-state index in [9.17, 15) is 0 Å². The Kier molecular flexibility index (Phi) is 6.05. The Morgan fingerprint density at radius 1 is 1.40 bits per heavy atom. The van der Waals surface area contributed by atoms with E-state index in [4.69, 9.17) is 16.3 Å². The molecular formula is C15H21ClN2OS. The Labute approximate surface area is 129 Å². The molecule has 0 aliphatic rings. The molecule has 5 heteroatoms. The molecule has 0 spiro atoms. The summed E-state index contributed by atoms with van der Waals surface area (Å²) < 4.78 is 8.00. The molecule has 3 nitrogen and oxygen atoms in total. The summed E-state index contributed by atoms with van der Waals surface area (Å²) in [5.41, 5.74) is 2.05. The van der Waals surface area contributed by atoms with Crippen molar-refractivity contribution in [3.8, 4) is 5.75 Å². The van der Waals surface area contributed by atoms with Crippen LogP contribution in [0.15, 0.2) is 18.2 Å². The maximum Gasteiger partial charge on any atom is 0.147 e. The Morgan fingerprint density at radius 3 is 2.95 bits per heavy atom. The van der Waals surface area contributed by atoms with Crippen LogP contribution < -0.4 is 4.74 Å². The molecule has 2 aromatic rings. The third kappa shape index (κ3) is 3.41. The van der Waals surface area contributed by atoms with Crippen molar-refractivity contribution in [2.75, 3.05) is 18.6 Å². The number of aromatic nitrogens is 2. The summed E-state index contributed by atoms with van der Waals surface area (Å²) in [4.78, 5) is 4.66. The van der Waals surface area contributed by atoms with Crippen LogP contribution in [0.1, 0.15) is 25.6 Å². The highest BCUT2D eigenvalue weighted by atomic mass is 35.5. The third-order valence-electron chi connectivity index (χ3n) is 3.13. The first-order chi connectivity index (χ1) is 9.81. The van der Waals surface area contributed by atoms with E-state index >= 15 is 0 Å². The highest BCUT2D eigenvalue weighted by molar-refractivity contribution is 7.98. The van der Waals surface area contributed by atoms with Crippen molar-refractivity contribution in [1.82, 2.24) is 9.55 Å². The largest absolute Gasteiger partial charge is 0.491 e. The summed E-state index contributed by atoms with van der Waals surface area (Å²) >= 11 is 7.91. The van der Waals surface area contributed by atoms with Crippen LogP contribution in [0.25, 0.3) is 11.0 Å². The van der Waals surface area contributed by atoms with Gasteiger partial charge in [0.15, 0.2) is 0 Å². The van der Waals surface area contributed by atoms with Gasteiger partial charge >= 0.3 is 0 Å². The molecule has 0 aliphatic carbocycles. The number of thioether (sulfide) groups is 1. The zero-order chi connectivity index (χ0) is 14.4. The lowest BCUT2D eigenvalue weighted by molar-refractivity contribution is 0.320. The van der Waals surface area contributed by atoms with Crippen molar-refractivity contribution in [2.24, 2.45) is 0 Å². The zero-order valence-electron chi connectivity index (χ0n) is 12.1. The number of nitrogens with zero attached hydrogens (tertiary/aromatic N) is 2. The predicted molar refractivity (Wildman–Crippen MR) is 88.1 cm³/mol. The topological polar surface area (TPSA) is 27.1 Å². The molecule has 0 unspecified atom stereocenters. The maximum atomic E-state index is 6.04. The second-order valence-electron chi connectivity index (χ2n) is 4.63. The average Bonchev–Trinajstić information content (AvgIpc) is 2.84. The fourth-order valence-electron chi connectivity index (χ4n) is 2.22. The minimum atomic E-state index is 0.432. The SMILES string of the molecule is CCCOc1cccc2c1nc(CCl)n2CCCSC. The van der Waals surface area contributed by atoms with E-state index in [1.807, 2.05) is 23.9 Å². The van der Waals surface area contributed by atoms with Gasteiger partial charge in [0.1, 0.15) is 17.1 Å². The van der Waals surface area contributed by atoms with Gasteiger partial charge in [-0.1, -0.05) is 13.0 Å². The Morgan fingerprint density at radius 2 is 2.25 bits per heavy atom. The summed E-state index contributed by atoms with van der Waals surface area (Å²) in [6, 6.07) is 6.10. The van der Waals surface area contributed by atoms with Crippen molar-refractivity contribution < 1.29 is 4.74 Å². The van der Waals surface area contributed by atoms with E-state index in [0.29, 0.717) is 12.5 Å². The predicted octanol–water partition coefficient (Wildman–Crippen LogP) is 4.32. The molecule has 0 saturated heterocycles. The van der Waals surface area contributed by atoms with Gasteiger partial charge in [-0.25, -0.2) is 4.98 Å². The molecule has 0 saturated carbocycles. The van der Waals surface area contributed by atoms with Crippen molar-refractivity contribution >= 4 is 34.4 Å². The van der Waals surface area contributed by atoms with Gasteiger partial charge in [0.05, 0.1) is 18.0 Å². The molecule has 0 aliphatic heterocycles. The van der Waals surface area contributed by atoms with E-state index in [0.717, 1.165) is 47.7 Å². The van der Waals surface area contributed by atoms with Gasteiger partial charge in [-0.2, -0.15) is 11.8 Å². The van der Waals surface area contributed by atoms with Crippen molar-refractivity contribution in [3.63, 3.8) is 0 Å². The second-order valence-corrected chi connectivity index (χ2v) is 5.88. The van der Waals surface area contributed by atoms with Crippen molar-refractivity contribution in [1.29, 1.82) is 0 Å². The molecule has 110 valence electrons. The first kappa shape index (κ1) is 15.5. The van der Waals surface area contributed by atoms with Gasteiger partial charge in [-0.05, 0) is 37.0 Å². The van der Waals surface area contributed by atoms with E-state index in [2.05, 4.69) is 28.8 Å². The summed E-state index contributed by atoms with van der Waals surface area (Å²) in [5.74, 6) is 3.36. The Hall–Kier alpha value is -0.870. The molecule has 0 N–H and O–H groups in total. The maximum absolute atomic E-state index is 6.04. The fourth-order valence-corrected chi connectivity index (χ4v) is 2.84. The molecular weight excluding hydrogens is 292 g/mol. The quantitative estimate of drug-likeness (QED) is 0.536. The van der Waals surface area contributed by atoms with E-state index in [1.54, 1.807) is 0 Å². The molecule has 0 bridgehead atoms. The molecule has 1 aromatic heterocycles. The third-order valence-corrected chi connectivity index (χ3v) is 4.07. The van der Waals surface area contributed by atoms with E-state index in [-0.39, 0.29) is 0 Å². The number of benzene rings is 1. The second kappa shape index (κ2) is 7.79. The Bertz CT molecular complexity index is 556. The summed E-state index contributed by atoms with van der Waals surface area (Å²) in [6.45, 7) is 3.77. The number of para-hydroxylation sites is 1. The molecule has 1 heterocycles. The van der Waals surface area contributed by atoms with Crippen molar-refractivity contribution in [3.05, 3.63) is 24.0 Å². The van der Waals surface area contributed by atoms with Crippen LogP contribution in [0.4, 0.5) is 0 Å². The molecule has 20 heavy (non-hydrogen) atoms. The van der Waals surface area contributed by atoms with Crippen LogP contribution in [0.5, 0.6) is 5.75 Å². The normalized spacial score (nSPS) is 11.2. The van der Waals surface area contributed by atoms with Crippen LogP contribution in [-0.2, 0) is 12.4 Å². The van der Waals surface area contributed by atoms with Crippen molar-refractivity contribution in [2.45, 2.75) is 32.2 Å². The number of fused-ring (bicyclic) bond motifs is 1. The van der Waals surface area contributed by atoms with Gasteiger partial charge in [0.2, 0.25) is 0 Å². The lowest BCUT2D eigenvalue weighted by atomic mass is 10.3. The van der Waals surface area contributed by atoms with Gasteiger partial charge in [-0.15, -0.1) is 11.6 Å². The summed E-state index contributed by atoms with van der Waals surface area (Å²) in [5, 5.41) is 0. The summed E-state index contributed by atoms with van der Waals surface area (Å²) in [7, 11) is 0. The zero-order valence-corrected chi connectivity index (χ0v) is 13.6. The molecule has 2 rings (SSSR count). The fraction of sp³-hybridized carbons (Fsp3) is 0.533. The number of alkyl halides is 1. The number of hydrogen-bond acceptors (Lipinski definition) is 3. The number of aryl methyl sites for hydroxylation is 1. The highest BCUT2D eigenvalue weighted by Gasteiger charge is 2.13. The number of halogens is 1. The van der Waals surface area contributed by atoms with Crippen LogP contribution in [-0.4, -0.2) is 28.2 Å². The van der Waals surface area contributed by atoms with Gasteiger partial charge in [-0.3, -0.25) is 0 Å². The smallest absolute Gasteiger partial charge is 0.147 e. The highest BCUT2D eigenvalue weighted by Crippen LogP contribution is 2.27. The average molecular weight is 313 g/mol. The number of imidazole rings is 1. The standard InChI is InChI=1S/C15H21ClN2OS/c1-3-9-19-13-7-4-6-12-15(13)17-14(11-16)18(12)8-5-10-20-2/h4,6-7H,3,5,8-11H2,1-2H3. The number of hydrogen-bond donors (Lipinski definition) is 0. The minimum Gasteiger partial charge on any atom is -0.491 e. The minimum absolute atomic E-state index is 0.432. The van der Waals surface area contributed by atoms with E-state index < -0.39 is 0 Å². The molecule has 1 aromatic carbocycles. The number of ether oxygens (including phenoxy) is 1. The van der Waals surface area contributed by atoms with Gasteiger partial charge in [0, 0.05) is 6.54 Å². The summed E-state index contributed by atoms with van der Waals surface area (Å²) in [6.07, 6.45) is 4.24. The van der Waals surface area contributed by atoms with Gasteiger partial charge in [0.25, 0.3) is 0 Å². The van der Waals surface area contributed by atoms with Crippen LogP contribution in [0.2, 0.25) is 0 Å². The molecule has 0 amide bonds. The van der Waals surface area contributed by atoms with E-state index in [1.165, 1.54) is 0 Å². The lowest BCUT2D eigenvalue weighted by Gasteiger charge is -2.08. The molecule has 0 atom stereocenters. The monoisotopic (exact) mass is 312 g/mol.